The number of morpholine rings is 1. The first kappa shape index (κ1) is 11.9. The lowest BCUT2D eigenvalue weighted by molar-refractivity contribution is 0.0342. The van der Waals surface area contributed by atoms with Gasteiger partial charge in [0.25, 0.3) is 0 Å². The van der Waals surface area contributed by atoms with Crippen LogP contribution in [0.4, 0.5) is 0 Å². The van der Waals surface area contributed by atoms with E-state index in [2.05, 4.69) is 11.0 Å². The molecule has 1 aliphatic rings. The minimum absolute atomic E-state index is 0.538. The Labute approximate surface area is 101 Å². The Hall–Kier alpha value is -0.610. The first-order valence-electron chi connectivity index (χ1n) is 5.56. The Kier molecular flexibility index (Phi) is 4.18. The molecule has 3 nitrogen and oxygen atoms in total. The summed E-state index contributed by atoms with van der Waals surface area (Å²) in [6.07, 6.45) is 0. The van der Waals surface area contributed by atoms with Crippen molar-refractivity contribution in [2.24, 2.45) is 5.73 Å². The van der Waals surface area contributed by atoms with E-state index in [9.17, 15) is 0 Å². The third kappa shape index (κ3) is 3.19. The fourth-order valence-electron chi connectivity index (χ4n) is 1.94. The molecule has 1 heterocycles. The smallest absolute Gasteiger partial charge is 0.0594 e. The number of hydrogen-bond acceptors (Lipinski definition) is 3. The summed E-state index contributed by atoms with van der Waals surface area (Å²) in [5.41, 5.74) is 7.95. The molecule has 2 N–H and O–H groups in total. The third-order valence-electron chi connectivity index (χ3n) is 2.76. The Balaban J connectivity index is 2.04. The van der Waals surface area contributed by atoms with Crippen molar-refractivity contribution in [2.75, 3.05) is 26.3 Å². The molecular weight excluding hydrogens is 224 g/mol. The molecular formula is C12H17ClN2O. The third-order valence-corrected chi connectivity index (χ3v) is 2.98. The molecule has 0 unspecified atom stereocenters. The number of hydrogen-bond donors (Lipinski definition) is 1. The average molecular weight is 241 g/mol. The van der Waals surface area contributed by atoms with Gasteiger partial charge in [0, 0.05) is 31.2 Å². The van der Waals surface area contributed by atoms with Crippen LogP contribution >= 0.6 is 11.6 Å². The van der Waals surface area contributed by atoms with Gasteiger partial charge in [0.15, 0.2) is 0 Å². The summed E-state index contributed by atoms with van der Waals surface area (Å²) in [5, 5.41) is 0.770. The van der Waals surface area contributed by atoms with Crippen LogP contribution in [0.3, 0.4) is 0 Å². The summed E-state index contributed by atoms with van der Waals surface area (Å²) >= 11 is 6.05. The van der Waals surface area contributed by atoms with E-state index in [1.807, 2.05) is 12.1 Å². The molecule has 4 heteroatoms. The number of halogens is 1. The van der Waals surface area contributed by atoms with Gasteiger partial charge in [-0.25, -0.2) is 0 Å². The second kappa shape index (κ2) is 5.64. The molecule has 0 saturated carbocycles. The van der Waals surface area contributed by atoms with E-state index in [0.717, 1.165) is 43.4 Å². The number of nitrogens with two attached hydrogens (primary N) is 1. The predicted octanol–water partition coefficient (Wildman–Crippen LogP) is 1.63. The van der Waals surface area contributed by atoms with Crippen molar-refractivity contribution in [3.8, 4) is 0 Å². The van der Waals surface area contributed by atoms with Crippen molar-refractivity contribution < 1.29 is 4.74 Å². The second-order valence-corrected chi connectivity index (χ2v) is 4.50. The monoisotopic (exact) mass is 240 g/mol. The maximum absolute atomic E-state index is 6.05. The SMILES string of the molecule is NCc1cc(Cl)cc(CN2CCOCC2)c1. The molecule has 88 valence electrons. The molecule has 1 aromatic carbocycles. The van der Waals surface area contributed by atoms with Gasteiger partial charge in [-0.1, -0.05) is 17.7 Å². The maximum Gasteiger partial charge on any atom is 0.0594 e. The van der Waals surface area contributed by atoms with Gasteiger partial charge in [-0.2, -0.15) is 0 Å². The molecule has 1 fully saturated rings. The van der Waals surface area contributed by atoms with E-state index in [1.165, 1.54) is 5.56 Å². The van der Waals surface area contributed by atoms with Crippen LogP contribution in [0.5, 0.6) is 0 Å². The van der Waals surface area contributed by atoms with E-state index in [0.29, 0.717) is 6.54 Å². The highest BCUT2D eigenvalue weighted by Gasteiger charge is 2.11. The van der Waals surface area contributed by atoms with Crippen molar-refractivity contribution in [1.82, 2.24) is 4.90 Å². The predicted molar refractivity (Wildman–Crippen MR) is 65.4 cm³/mol. The zero-order valence-electron chi connectivity index (χ0n) is 9.29. The lowest BCUT2D eigenvalue weighted by Gasteiger charge is -2.26. The molecule has 0 radical (unpaired) electrons. The molecule has 1 aromatic rings. The van der Waals surface area contributed by atoms with Gasteiger partial charge in [-0.15, -0.1) is 0 Å². The van der Waals surface area contributed by atoms with Gasteiger partial charge in [-0.3, -0.25) is 4.90 Å². The molecule has 1 saturated heterocycles. The van der Waals surface area contributed by atoms with Gasteiger partial charge in [0.2, 0.25) is 0 Å². The molecule has 0 aromatic heterocycles. The van der Waals surface area contributed by atoms with Crippen molar-refractivity contribution in [1.29, 1.82) is 0 Å². The van der Waals surface area contributed by atoms with E-state index < -0.39 is 0 Å². The summed E-state index contributed by atoms with van der Waals surface area (Å²) in [6, 6.07) is 6.06. The van der Waals surface area contributed by atoms with Crippen molar-refractivity contribution in [3.63, 3.8) is 0 Å². The average Bonchev–Trinajstić information content (AvgIpc) is 2.29. The van der Waals surface area contributed by atoms with Crippen molar-refractivity contribution in [3.05, 3.63) is 34.3 Å². The molecule has 1 aliphatic heterocycles. The van der Waals surface area contributed by atoms with Gasteiger partial charge in [-0.05, 0) is 23.3 Å². The first-order chi connectivity index (χ1) is 7.78. The van der Waals surface area contributed by atoms with E-state index in [1.54, 1.807) is 0 Å². The molecule has 16 heavy (non-hydrogen) atoms. The lowest BCUT2D eigenvalue weighted by Crippen LogP contribution is -2.35. The van der Waals surface area contributed by atoms with Crippen LogP contribution in [-0.4, -0.2) is 31.2 Å². The Bertz CT molecular complexity index is 351. The van der Waals surface area contributed by atoms with E-state index in [-0.39, 0.29) is 0 Å². The number of benzene rings is 1. The quantitative estimate of drug-likeness (QED) is 0.873. The summed E-state index contributed by atoms with van der Waals surface area (Å²) in [5.74, 6) is 0. The van der Waals surface area contributed by atoms with Gasteiger partial charge < -0.3 is 10.5 Å². The highest BCUT2D eigenvalue weighted by molar-refractivity contribution is 6.30. The Morgan fingerprint density at radius 1 is 1.19 bits per heavy atom. The van der Waals surface area contributed by atoms with Crippen LogP contribution in [0.15, 0.2) is 18.2 Å². The van der Waals surface area contributed by atoms with E-state index >= 15 is 0 Å². The minimum atomic E-state index is 0.538. The largest absolute Gasteiger partial charge is 0.379 e. The normalized spacial score (nSPS) is 17.6. The second-order valence-electron chi connectivity index (χ2n) is 4.06. The van der Waals surface area contributed by atoms with Gasteiger partial charge >= 0.3 is 0 Å². The lowest BCUT2D eigenvalue weighted by atomic mass is 10.1. The van der Waals surface area contributed by atoms with Crippen LogP contribution in [-0.2, 0) is 17.8 Å². The highest BCUT2D eigenvalue weighted by atomic mass is 35.5. The van der Waals surface area contributed by atoms with Crippen LogP contribution in [0, 0.1) is 0 Å². The highest BCUT2D eigenvalue weighted by Crippen LogP contribution is 2.17. The van der Waals surface area contributed by atoms with E-state index in [4.69, 9.17) is 22.1 Å². The molecule has 0 amide bonds. The number of ether oxygens (including phenoxy) is 1. The first-order valence-corrected chi connectivity index (χ1v) is 5.94. The Morgan fingerprint density at radius 3 is 2.56 bits per heavy atom. The summed E-state index contributed by atoms with van der Waals surface area (Å²) in [7, 11) is 0. The molecule has 0 spiro atoms. The van der Waals surface area contributed by atoms with Crippen molar-refractivity contribution >= 4 is 11.6 Å². The van der Waals surface area contributed by atoms with Crippen LogP contribution in [0.1, 0.15) is 11.1 Å². The minimum Gasteiger partial charge on any atom is -0.379 e. The molecule has 2 rings (SSSR count). The zero-order valence-corrected chi connectivity index (χ0v) is 10.0. The Morgan fingerprint density at radius 2 is 1.88 bits per heavy atom. The van der Waals surface area contributed by atoms with Crippen LogP contribution in [0.2, 0.25) is 5.02 Å². The number of rotatable bonds is 3. The number of nitrogens with zero attached hydrogens (tertiary/aromatic N) is 1. The zero-order chi connectivity index (χ0) is 11.4. The summed E-state index contributed by atoms with van der Waals surface area (Å²) in [4.78, 5) is 2.37. The van der Waals surface area contributed by atoms with Crippen molar-refractivity contribution in [2.45, 2.75) is 13.1 Å². The van der Waals surface area contributed by atoms with Gasteiger partial charge in [0.05, 0.1) is 13.2 Å². The molecule has 0 bridgehead atoms. The maximum atomic E-state index is 6.05. The summed E-state index contributed by atoms with van der Waals surface area (Å²) < 4.78 is 5.32. The van der Waals surface area contributed by atoms with Crippen LogP contribution < -0.4 is 5.73 Å². The standard InChI is InChI=1S/C12H17ClN2O/c13-12-6-10(8-14)5-11(7-12)9-15-1-3-16-4-2-15/h5-7H,1-4,8-9,14H2. The molecule has 0 aliphatic carbocycles. The van der Waals surface area contributed by atoms with Crippen LogP contribution in [0.25, 0.3) is 0 Å². The summed E-state index contributed by atoms with van der Waals surface area (Å²) in [6.45, 7) is 5.09. The fourth-order valence-corrected chi connectivity index (χ4v) is 2.22. The molecule has 0 atom stereocenters. The fraction of sp³-hybridized carbons (Fsp3) is 0.500. The topological polar surface area (TPSA) is 38.5 Å². The van der Waals surface area contributed by atoms with Gasteiger partial charge in [0.1, 0.15) is 0 Å².